The summed E-state index contributed by atoms with van der Waals surface area (Å²) in [7, 11) is 0. The number of fused-ring (bicyclic) bond motifs is 1. The van der Waals surface area contributed by atoms with E-state index < -0.39 is 0 Å². The number of imide groups is 1. The van der Waals surface area contributed by atoms with E-state index in [9.17, 15) is 18.8 Å². The fourth-order valence-electron chi connectivity index (χ4n) is 3.59. The maximum atomic E-state index is 13.2. The third-order valence-electron chi connectivity index (χ3n) is 5.09. The summed E-state index contributed by atoms with van der Waals surface area (Å²) in [5.41, 5.74) is 2.47. The molecule has 1 aliphatic heterocycles. The Morgan fingerprint density at radius 2 is 1.53 bits per heavy atom. The fraction of sp³-hybridized carbons (Fsp3) is 0.125. The first-order valence-corrected chi connectivity index (χ1v) is 9.61. The Labute approximate surface area is 173 Å². The number of nitrogens with zero attached hydrogens (tertiary/aromatic N) is 2. The average molecular weight is 402 g/mol. The third kappa shape index (κ3) is 3.48. The lowest BCUT2D eigenvalue weighted by molar-refractivity contribution is 0.0642. The van der Waals surface area contributed by atoms with E-state index in [0.717, 1.165) is 0 Å². The first-order chi connectivity index (χ1) is 14.5. The van der Waals surface area contributed by atoms with Gasteiger partial charge in [-0.3, -0.25) is 19.3 Å². The van der Waals surface area contributed by atoms with Crippen LogP contribution in [0.2, 0.25) is 0 Å². The summed E-state index contributed by atoms with van der Waals surface area (Å²) in [6.07, 6.45) is 0. The maximum absolute atomic E-state index is 13.2. The number of carbonyl (C=O) groups excluding carboxylic acids is 3. The zero-order chi connectivity index (χ0) is 21.3. The second-order valence-electron chi connectivity index (χ2n) is 6.97. The molecule has 0 spiro atoms. The van der Waals surface area contributed by atoms with Gasteiger partial charge in [-0.25, -0.2) is 4.39 Å². The van der Waals surface area contributed by atoms with Crippen molar-refractivity contribution < 1.29 is 18.8 Å². The maximum Gasteiger partial charge on any atom is 0.261 e. The predicted octanol–water partition coefficient (Wildman–Crippen LogP) is 4.29. The molecule has 3 aromatic carbocycles. The molecule has 4 rings (SSSR count). The first kappa shape index (κ1) is 19.5. The van der Waals surface area contributed by atoms with Gasteiger partial charge in [-0.15, -0.1) is 0 Å². The molecule has 0 saturated heterocycles. The molecule has 6 heteroatoms. The Morgan fingerprint density at radius 1 is 0.900 bits per heavy atom. The molecule has 0 N–H and O–H groups in total. The summed E-state index contributed by atoms with van der Waals surface area (Å²) in [4.78, 5) is 41.0. The number of anilines is 1. The monoisotopic (exact) mass is 402 g/mol. The van der Waals surface area contributed by atoms with Gasteiger partial charge in [0.2, 0.25) is 0 Å². The fourth-order valence-corrected chi connectivity index (χ4v) is 3.59. The number of halogens is 1. The van der Waals surface area contributed by atoms with Crippen molar-refractivity contribution in [2.24, 2.45) is 0 Å². The molecule has 1 aliphatic rings. The molecule has 0 aliphatic carbocycles. The van der Waals surface area contributed by atoms with Crippen molar-refractivity contribution in [3.8, 4) is 0 Å². The Balaban J connectivity index is 1.57. The first-order valence-electron chi connectivity index (χ1n) is 9.61. The van der Waals surface area contributed by atoms with E-state index >= 15 is 0 Å². The van der Waals surface area contributed by atoms with Gasteiger partial charge in [0.1, 0.15) is 5.82 Å². The van der Waals surface area contributed by atoms with Crippen LogP contribution in [0.25, 0.3) is 0 Å². The molecule has 0 fully saturated rings. The smallest absolute Gasteiger partial charge is 0.261 e. The van der Waals surface area contributed by atoms with Crippen molar-refractivity contribution in [3.05, 3.63) is 101 Å². The molecule has 30 heavy (non-hydrogen) atoms. The van der Waals surface area contributed by atoms with Crippen LogP contribution >= 0.6 is 0 Å². The summed E-state index contributed by atoms with van der Waals surface area (Å²) in [5, 5.41) is 0. The van der Waals surface area contributed by atoms with Gasteiger partial charge in [0.15, 0.2) is 0 Å². The quantitative estimate of drug-likeness (QED) is 0.599. The Bertz CT molecular complexity index is 1110. The molecule has 0 unspecified atom stereocenters. The van der Waals surface area contributed by atoms with Crippen molar-refractivity contribution in [3.63, 3.8) is 0 Å². The molecule has 0 atom stereocenters. The minimum absolute atomic E-state index is 0.0795. The van der Waals surface area contributed by atoms with Gasteiger partial charge in [0, 0.05) is 17.8 Å². The minimum Gasteiger partial charge on any atom is -0.309 e. The molecule has 1 heterocycles. The van der Waals surface area contributed by atoms with E-state index in [1.54, 1.807) is 65.6 Å². The number of hydrogen-bond donors (Lipinski definition) is 0. The van der Waals surface area contributed by atoms with Crippen LogP contribution in [0.3, 0.4) is 0 Å². The molecular formula is C24H19FN2O3. The van der Waals surface area contributed by atoms with E-state index in [-0.39, 0.29) is 30.1 Å². The molecule has 3 aromatic rings. The van der Waals surface area contributed by atoms with Crippen molar-refractivity contribution in [2.45, 2.75) is 13.5 Å². The van der Waals surface area contributed by atoms with Crippen LogP contribution in [-0.4, -0.2) is 29.2 Å². The van der Waals surface area contributed by atoms with Crippen molar-refractivity contribution in [1.82, 2.24) is 4.90 Å². The molecule has 0 bridgehead atoms. The molecule has 150 valence electrons. The van der Waals surface area contributed by atoms with Gasteiger partial charge in [0.25, 0.3) is 17.7 Å². The van der Waals surface area contributed by atoms with Gasteiger partial charge < -0.3 is 4.90 Å². The van der Waals surface area contributed by atoms with Gasteiger partial charge in [-0.05, 0) is 61.0 Å². The second-order valence-corrected chi connectivity index (χ2v) is 6.97. The molecular weight excluding hydrogens is 383 g/mol. The zero-order valence-corrected chi connectivity index (χ0v) is 16.3. The lowest BCUT2D eigenvalue weighted by Crippen LogP contribution is -2.31. The number of hydrogen-bond acceptors (Lipinski definition) is 3. The molecule has 0 saturated carbocycles. The summed E-state index contributed by atoms with van der Waals surface area (Å²) < 4.78 is 13.2. The molecule has 5 nitrogen and oxygen atoms in total. The zero-order valence-electron chi connectivity index (χ0n) is 16.3. The molecule has 3 amide bonds. The second kappa shape index (κ2) is 7.91. The number of carbonyl (C=O) groups is 3. The highest BCUT2D eigenvalue weighted by molar-refractivity contribution is 6.21. The molecule has 0 aromatic heterocycles. The van der Waals surface area contributed by atoms with E-state index in [0.29, 0.717) is 34.5 Å². The lowest BCUT2D eigenvalue weighted by atomic mass is 10.1. The van der Waals surface area contributed by atoms with Crippen LogP contribution in [-0.2, 0) is 6.54 Å². The highest BCUT2D eigenvalue weighted by Gasteiger charge is 2.35. The number of amides is 3. The normalized spacial score (nSPS) is 12.8. The molecule has 0 radical (unpaired) electrons. The minimum atomic E-state index is -0.370. The van der Waals surface area contributed by atoms with E-state index in [1.807, 2.05) is 6.92 Å². The summed E-state index contributed by atoms with van der Waals surface area (Å²) in [6.45, 7) is 2.33. The van der Waals surface area contributed by atoms with Gasteiger partial charge >= 0.3 is 0 Å². The topological polar surface area (TPSA) is 57.7 Å². The van der Waals surface area contributed by atoms with E-state index in [1.165, 1.54) is 17.0 Å². The Morgan fingerprint density at radius 3 is 2.13 bits per heavy atom. The highest BCUT2D eigenvalue weighted by Crippen LogP contribution is 2.25. The van der Waals surface area contributed by atoms with E-state index in [2.05, 4.69) is 0 Å². The lowest BCUT2D eigenvalue weighted by Gasteiger charge is -2.22. The average Bonchev–Trinajstić information content (AvgIpc) is 3.01. The number of rotatable bonds is 5. The third-order valence-corrected chi connectivity index (χ3v) is 5.09. The summed E-state index contributed by atoms with van der Waals surface area (Å²) in [6, 6.07) is 19.3. The van der Waals surface area contributed by atoms with Crippen LogP contribution in [0.1, 0.15) is 43.6 Å². The number of benzene rings is 3. The predicted molar refractivity (Wildman–Crippen MR) is 111 cm³/mol. The van der Waals surface area contributed by atoms with E-state index in [4.69, 9.17) is 0 Å². The standard InChI is InChI=1S/C24H19FN2O3/c1-2-26(19-12-10-18(25)11-13-19)22(28)17-7-5-6-16(14-17)15-27-23(29)20-8-3-4-9-21(20)24(27)30/h3-14H,2,15H2,1H3. The Hall–Kier alpha value is -3.80. The summed E-state index contributed by atoms with van der Waals surface area (Å²) in [5.74, 6) is -1.29. The SMILES string of the molecule is CCN(C(=O)c1cccc(CN2C(=O)c3ccccc3C2=O)c1)c1ccc(F)cc1. The Kier molecular flexibility index (Phi) is 5.14. The summed E-state index contributed by atoms with van der Waals surface area (Å²) >= 11 is 0. The van der Waals surface area contributed by atoms with Crippen molar-refractivity contribution in [1.29, 1.82) is 0 Å². The van der Waals surface area contributed by atoms with Gasteiger partial charge in [0.05, 0.1) is 17.7 Å². The van der Waals surface area contributed by atoms with Gasteiger partial charge in [-0.1, -0.05) is 24.3 Å². The van der Waals surface area contributed by atoms with Crippen LogP contribution in [0.4, 0.5) is 10.1 Å². The van der Waals surface area contributed by atoms with Crippen LogP contribution < -0.4 is 4.90 Å². The van der Waals surface area contributed by atoms with Gasteiger partial charge in [-0.2, -0.15) is 0 Å². The van der Waals surface area contributed by atoms with Crippen LogP contribution in [0, 0.1) is 5.82 Å². The largest absolute Gasteiger partial charge is 0.309 e. The van der Waals surface area contributed by atoms with Crippen molar-refractivity contribution >= 4 is 23.4 Å². The van der Waals surface area contributed by atoms with Crippen LogP contribution in [0.5, 0.6) is 0 Å². The highest BCUT2D eigenvalue weighted by atomic mass is 19.1. The van der Waals surface area contributed by atoms with Crippen LogP contribution in [0.15, 0.2) is 72.8 Å². The van der Waals surface area contributed by atoms with Crippen molar-refractivity contribution in [2.75, 3.05) is 11.4 Å².